The van der Waals surface area contributed by atoms with Crippen molar-refractivity contribution in [2.75, 3.05) is 7.11 Å². The van der Waals surface area contributed by atoms with Crippen molar-refractivity contribution in [1.82, 2.24) is 5.48 Å². The number of carboxylic acids is 1. The van der Waals surface area contributed by atoms with E-state index < -0.39 is 5.97 Å². The first-order chi connectivity index (χ1) is 16.1. The normalized spacial score (nSPS) is 10.8. The standard InChI is InChI=1S/C26H24N2O5/c1-31-28-25(21-5-3-2-4-6-21)18-33-23-11-7-19(8-12-23)17-32-24-13-9-20(10-14-26(29)30)22(15-24)16-27/h2-9,11-13,15,18,28H,10,14,17H2,1H3,(H,29,30). The molecule has 0 aliphatic carbocycles. The summed E-state index contributed by atoms with van der Waals surface area (Å²) >= 11 is 0. The van der Waals surface area contributed by atoms with Gasteiger partial charge in [0, 0.05) is 12.0 Å². The number of nitriles is 1. The first-order valence-electron chi connectivity index (χ1n) is 10.3. The minimum Gasteiger partial charge on any atom is -0.489 e. The molecule has 168 valence electrons. The third-order valence-corrected chi connectivity index (χ3v) is 4.75. The van der Waals surface area contributed by atoms with E-state index in [1.165, 1.54) is 7.11 Å². The molecule has 0 unspecified atom stereocenters. The number of carbonyl (C=O) groups is 1. The van der Waals surface area contributed by atoms with Crippen molar-refractivity contribution < 1.29 is 24.2 Å². The van der Waals surface area contributed by atoms with Gasteiger partial charge in [-0.05, 0) is 41.8 Å². The monoisotopic (exact) mass is 444 g/mol. The van der Waals surface area contributed by atoms with Crippen LogP contribution in [-0.2, 0) is 22.7 Å². The summed E-state index contributed by atoms with van der Waals surface area (Å²) in [6, 6.07) is 24.3. The highest BCUT2D eigenvalue weighted by Gasteiger charge is 2.07. The third-order valence-electron chi connectivity index (χ3n) is 4.75. The predicted octanol–water partition coefficient (Wildman–Crippen LogP) is 4.68. The Morgan fingerprint density at radius 1 is 1.06 bits per heavy atom. The zero-order valence-electron chi connectivity index (χ0n) is 18.2. The topological polar surface area (TPSA) is 101 Å². The number of hydrogen-bond acceptors (Lipinski definition) is 6. The van der Waals surface area contributed by atoms with Crippen molar-refractivity contribution >= 4 is 11.7 Å². The van der Waals surface area contributed by atoms with E-state index in [9.17, 15) is 10.1 Å². The van der Waals surface area contributed by atoms with Crippen molar-refractivity contribution in [3.63, 3.8) is 0 Å². The molecular weight excluding hydrogens is 420 g/mol. The van der Waals surface area contributed by atoms with E-state index in [2.05, 4.69) is 11.5 Å². The molecule has 0 aromatic heterocycles. The summed E-state index contributed by atoms with van der Waals surface area (Å²) in [7, 11) is 1.54. The number of benzene rings is 3. The molecule has 0 spiro atoms. The second-order valence-electron chi connectivity index (χ2n) is 7.08. The van der Waals surface area contributed by atoms with E-state index in [-0.39, 0.29) is 6.42 Å². The van der Waals surface area contributed by atoms with Crippen LogP contribution >= 0.6 is 0 Å². The molecule has 0 atom stereocenters. The number of aryl methyl sites for hydroxylation is 1. The summed E-state index contributed by atoms with van der Waals surface area (Å²) in [5, 5.41) is 18.2. The molecule has 0 fully saturated rings. The fraction of sp³-hybridized carbons (Fsp3) is 0.154. The van der Waals surface area contributed by atoms with Gasteiger partial charge in [-0.2, -0.15) is 5.26 Å². The van der Waals surface area contributed by atoms with Gasteiger partial charge < -0.3 is 14.6 Å². The molecule has 0 heterocycles. The third kappa shape index (κ3) is 7.13. The van der Waals surface area contributed by atoms with Crippen LogP contribution in [-0.4, -0.2) is 18.2 Å². The minimum atomic E-state index is -0.895. The number of hydrogen-bond donors (Lipinski definition) is 2. The van der Waals surface area contributed by atoms with E-state index >= 15 is 0 Å². The van der Waals surface area contributed by atoms with Crippen molar-refractivity contribution in [3.8, 4) is 17.6 Å². The Kier molecular flexibility index (Phi) is 8.46. The lowest BCUT2D eigenvalue weighted by atomic mass is 10.0. The average molecular weight is 444 g/mol. The molecule has 7 nitrogen and oxygen atoms in total. The quantitative estimate of drug-likeness (QED) is 0.327. The maximum absolute atomic E-state index is 10.8. The molecule has 0 aliphatic rings. The highest BCUT2D eigenvalue weighted by atomic mass is 16.6. The van der Waals surface area contributed by atoms with Gasteiger partial charge in [-0.15, -0.1) is 0 Å². The maximum Gasteiger partial charge on any atom is 0.303 e. The Morgan fingerprint density at radius 3 is 2.45 bits per heavy atom. The van der Waals surface area contributed by atoms with Crippen LogP contribution in [0.1, 0.15) is 28.7 Å². The van der Waals surface area contributed by atoms with Crippen LogP contribution in [0.5, 0.6) is 11.5 Å². The number of nitrogens with one attached hydrogen (secondary N) is 1. The Balaban J connectivity index is 1.59. The van der Waals surface area contributed by atoms with Gasteiger partial charge in [-0.25, -0.2) is 0 Å². The van der Waals surface area contributed by atoms with Crippen molar-refractivity contribution in [1.29, 1.82) is 5.26 Å². The van der Waals surface area contributed by atoms with Crippen LogP contribution in [0.2, 0.25) is 0 Å². The fourth-order valence-corrected chi connectivity index (χ4v) is 3.05. The second kappa shape index (κ2) is 11.9. The van der Waals surface area contributed by atoms with Gasteiger partial charge in [-0.1, -0.05) is 48.5 Å². The molecule has 0 radical (unpaired) electrons. The molecule has 0 bridgehead atoms. The number of hydroxylamine groups is 1. The SMILES string of the molecule is CONC(=COc1ccc(COc2ccc(CCC(=O)O)c(C#N)c2)cc1)c1ccccc1. The highest BCUT2D eigenvalue weighted by molar-refractivity contribution is 5.67. The van der Waals surface area contributed by atoms with Crippen LogP contribution in [0.25, 0.3) is 5.70 Å². The lowest BCUT2D eigenvalue weighted by molar-refractivity contribution is -0.136. The summed E-state index contributed by atoms with van der Waals surface area (Å²) in [6.07, 6.45) is 1.87. The molecule has 0 saturated carbocycles. The van der Waals surface area contributed by atoms with Crippen molar-refractivity contribution in [3.05, 3.63) is 101 Å². The number of rotatable bonds is 11. The van der Waals surface area contributed by atoms with Gasteiger partial charge in [0.15, 0.2) is 0 Å². The number of carboxylic acid groups (broad SMARTS) is 1. The van der Waals surface area contributed by atoms with Gasteiger partial charge in [0.05, 0.1) is 18.7 Å². The minimum absolute atomic E-state index is 0.0210. The van der Waals surface area contributed by atoms with Crippen LogP contribution in [0, 0.1) is 11.3 Å². The maximum atomic E-state index is 10.8. The Labute approximate surface area is 192 Å². The largest absolute Gasteiger partial charge is 0.489 e. The van der Waals surface area contributed by atoms with Gasteiger partial charge in [0.25, 0.3) is 0 Å². The summed E-state index contributed by atoms with van der Waals surface area (Å²) in [6.45, 7) is 0.315. The summed E-state index contributed by atoms with van der Waals surface area (Å²) in [5.41, 5.74) is 6.46. The zero-order chi connectivity index (χ0) is 23.5. The van der Waals surface area contributed by atoms with Crippen LogP contribution in [0.15, 0.2) is 79.1 Å². The van der Waals surface area contributed by atoms with E-state index in [1.54, 1.807) is 24.5 Å². The predicted molar refractivity (Wildman–Crippen MR) is 123 cm³/mol. The average Bonchev–Trinajstić information content (AvgIpc) is 2.85. The first-order valence-corrected chi connectivity index (χ1v) is 10.3. The molecule has 3 rings (SSSR count). The Bertz CT molecular complexity index is 1140. The first kappa shape index (κ1) is 23.4. The number of aliphatic carboxylic acids is 1. The van der Waals surface area contributed by atoms with E-state index in [0.717, 1.165) is 11.1 Å². The fourth-order valence-electron chi connectivity index (χ4n) is 3.05. The van der Waals surface area contributed by atoms with Crippen LogP contribution < -0.4 is 15.0 Å². The summed E-state index contributed by atoms with van der Waals surface area (Å²) < 4.78 is 11.5. The number of nitrogens with zero attached hydrogens (tertiary/aromatic N) is 1. The van der Waals surface area contributed by atoms with Crippen molar-refractivity contribution in [2.45, 2.75) is 19.4 Å². The van der Waals surface area contributed by atoms with E-state index in [0.29, 0.717) is 41.4 Å². The highest BCUT2D eigenvalue weighted by Crippen LogP contribution is 2.21. The van der Waals surface area contributed by atoms with Gasteiger partial charge in [-0.3, -0.25) is 15.1 Å². The molecule has 3 aromatic rings. The molecule has 0 aliphatic heterocycles. The van der Waals surface area contributed by atoms with Crippen LogP contribution in [0.4, 0.5) is 0 Å². The molecule has 3 aromatic carbocycles. The molecule has 7 heteroatoms. The summed E-state index contributed by atoms with van der Waals surface area (Å²) in [4.78, 5) is 15.8. The Hall–Kier alpha value is -4.28. The molecule has 2 N–H and O–H groups in total. The van der Waals surface area contributed by atoms with Gasteiger partial charge >= 0.3 is 5.97 Å². The molecular formula is C26H24N2O5. The molecule has 33 heavy (non-hydrogen) atoms. The van der Waals surface area contributed by atoms with Crippen LogP contribution in [0.3, 0.4) is 0 Å². The molecule has 0 saturated heterocycles. The molecule has 0 amide bonds. The zero-order valence-corrected chi connectivity index (χ0v) is 18.2. The summed E-state index contributed by atoms with van der Waals surface area (Å²) in [5.74, 6) is 0.306. The Morgan fingerprint density at radius 2 is 1.79 bits per heavy atom. The van der Waals surface area contributed by atoms with E-state index in [4.69, 9.17) is 19.4 Å². The lowest BCUT2D eigenvalue weighted by Crippen LogP contribution is -2.11. The lowest BCUT2D eigenvalue weighted by Gasteiger charge is -2.11. The smallest absolute Gasteiger partial charge is 0.303 e. The van der Waals surface area contributed by atoms with E-state index in [1.807, 2.05) is 54.6 Å². The van der Waals surface area contributed by atoms with Crippen molar-refractivity contribution in [2.24, 2.45) is 0 Å². The number of ether oxygens (including phenoxy) is 2. The second-order valence-corrected chi connectivity index (χ2v) is 7.08. The van der Waals surface area contributed by atoms with Gasteiger partial charge in [0.1, 0.15) is 30.1 Å². The van der Waals surface area contributed by atoms with Gasteiger partial charge in [0.2, 0.25) is 0 Å².